The average molecular weight is 291 g/mol. The molecule has 2 aromatic rings. The Balaban J connectivity index is 2.07. The molecule has 0 aliphatic heterocycles. The van der Waals surface area contributed by atoms with Crippen LogP contribution in [0.25, 0.3) is 0 Å². The molecular formula is C15H15F2N3O. The van der Waals surface area contributed by atoms with Gasteiger partial charge in [-0.3, -0.25) is 4.79 Å². The molecule has 2 rings (SSSR count). The van der Waals surface area contributed by atoms with Crippen LogP contribution in [0.3, 0.4) is 0 Å². The van der Waals surface area contributed by atoms with Crippen molar-refractivity contribution in [1.82, 2.24) is 4.98 Å². The predicted octanol–water partition coefficient (Wildman–Crippen LogP) is 3.43. The molecule has 0 saturated carbocycles. The van der Waals surface area contributed by atoms with Gasteiger partial charge in [-0.15, -0.1) is 0 Å². The molecule has 0 radical (unpaired) electrons. The average Bonchev–Trinajstić information content (AvgIpc) is 2.49. The molecule has 1 heterocycles. The number of pyridine rings is 1. The maximum atomic E-state index is 13.4. The Bertz CT molecular complexity index is 629. The van der Waals surface area contributed by atoms with Crippen molar-refractivity contribution in [2.75, 3.05) is 17.2 Å². The first kappa shape index (κ1) is 14.9. The van der Waals surface area contributed by atoms with Gasteiger partial charge in [0.1, 0.15) is 17.3 Å². The zero-order valence-electron chi connectivity index (χ0n) is 11.5. The number of rotatable bonds is 5. The Morgan fingerprint density at radius 3 is 2.71 bits per heavy atom. The maximum Gasteiger partial charge on any atom is 0.274 e. The number of hydrogen-bond acceptors (Lipinski definition) is 3. The lowest BCUT2D eigenvalue weighted by Gasteiger charge is -2.07. The molecule has 0 aliphatic carbocycles. The highest BCUT2D eigenvalue weighted by Gasteiger charge is 2.11. The van der Waals surface area contributed by atoms with Crippen LogP contribution in [0, 0.1) is 11.6 Å². The second-order valence-electron chi connectivity index (χ2n) is 4.44. The Hall–Kier alpha value is -2.50. The molecule has 1 aromatic carbocycles. The second kappa shape index (κ2) is 6.78. The van der Waals surface area contributed by atoms with Gasteiger partial charge in [0.05, 0.1) is 17.6 Å². The molecule has 0 unspecified atom stereocenters. The molecule has 0 atom stereocenters. The summed E-state index contributed by atoms with van der Waals surface area (Å²) in [5.74, 6) is -1.92. The van der Waals surface area contributed by atoms with E-state index in [1.54, 1.807) is 6.07 Å². The standard InChI is InChI=1S/C15H15F2N3O/c1-2-7-18-11-4-6-13(19-9-11)15(21)20-14-8-10(16)3-5-12(14)17/h3-6,8-9,18H,2,7H2,1H3,(H,20,21). The van der Waals surface area contributed by atoms with E-state index >= 15 is 0 Å². The number of nitrogens with zero attached hydrogens (tertiary/aromatic N) is 1. The lowest BCUT2D eigenvalue weighted by Crippen LogP contribution is -2.15. The number of halogens is 2. The quantitative estimate of drug-likeness (QED) is 0.887. The molecule has 0 bridgehead atoms. The van der Waals surface area contributed by atoms with Crippen LogP contribution < -0.4 is 10.6 Å². The number of nitrogens with one attached hydrogen (secondary N) is 2. The molecule has 0 spiro atoms. The van der Waals surface area contributed by atoms with E-state index in [1.165, 1.54) is 12.3 Å². The third kappa shape index (κ3) is 3.98. The number of hydrogen-bond donors (Lipinski definition) is 2. The molecule has 1 amide bonds. The number of carbonyl (C=O) groups is 1. The monoisotopic (exact) mass is 291 g/mol. The largest absolute Gasteiger partial charge is 0.384 e. The van der Waals surface area contributed by atoms with E-state index in [-0.39, 0.29) is 11.4 Å². The summed E-state index contributed by atoms with van der Waals surface area (Å²) in [5, 5.41) is 5.42. The minimum absolute atomic E-state index is 0.126. The highest BCUT2D eigenvalue weighted by Crippen LogP contribution is 2.16. The van der Waals surface area contributed by atoms with Crippen LogP contribution in [0.1, 0.15) is 23.8 Å². The Morgan fingerprint density at radius 1 is 1.24 bits per heavy atom. The van der Waals surface area contributed by atoms with Gasteiger partial charge < -0.3 is 10.6 Å². The van der Waals surface area contributed by atoms with Gasteiger partial charge in [0.15, 0.2) is 0 Å². The Labute approximate surface area is 121 Å². The summed E-state index contributed by atoms with van der Waals surface area (Å²) in [7, 11) is 0. The van der Waals surface area contributed by atoms with Crippen LogP contribution in [0.5, 0.6) is 0 Å². The van der Waals surface area contributed by atoms with Crippen molar-refractivity contribution >= 4 is 17.3 Å². The van der Waals surface area contributed by atoms with E-state index in [0.717, 1.165) is 36.9 Å². The second-order valence-corrected chi connectivity index (χ2v) is 4.44. The van der Waals surface area contributed by atoms with E-state index in [0.29, 0.717) is 0 Å². The molecule has 4 nitrogen and oxygen atoms in total. The van der Waals surface area contributed by atoms with E-state index < -0.39 is 17.5 Å². The van der Waals surface area contributed by atoms with E-state index in [4.69, 9.17) is 0 Å². The zero-order valence-corrected chi connectivity index (χ0v) is 11.5. The molecule has 6 heteroatoms. The summed E-state index contributed by atoms with van der Waals surface area (Å²) in [5.41, 5.74) is 0.709. The van der Waals surface area contributed by atoms with Crippen molar-refractivity contribution < 1.29 is 13.6 Å². The fourth-order valence-corrected chi connectivity index (χ4v) is 1.68. The summed E-state index contributed by atoms with van der Waals surface area (Å²) in [4.78, 5) is 15.9. The number of amides is 1. The van der Waals surface area contributed by atoms with Gasteiger partial charge in [0.25, 0.3) is 5.91 Å². The van der Waals surface area contributed by atoms with Gasteiger partial charge in [0, 0.05) is 12.6 Å². The van der Waals surface area contributed by atoms with Crippen molar-refractivity contribution in [2.45, 2.75) is 13.3 Å². The molecule has 2 N–H and O–H groups in total. The van der Waals surface area contributed by atoms with Crippen LogP contribution in [-0.2, 0) is 0 Å². The third-order valence-corrected chi connectivity index (χ3v) is 2.75. The zero-order chi connectivity index (χ0) is 15.2. The highest BCUT2D eigenvalue weighted by molar-refractivity contribution is 6.03. The molecule has 1 aromatic heterocycles. The van der Waals surface area contributed by atoms with E-state index in [1.807, 2.05) is 6.92 Å². The SMILES string of the molecule is CCCNc1ccc(C(=O)Nc2cc(F)ccc2F)nc1. The lowest BCUT2D eigenvalue weighted by atomic mass is 10.2. The fourth-order valence-electron chi connectivity index (χ4n) is 1.68. The summed E-state index contributed by atoms with van der Waals surface area (Å²) in [6.07, 6.45) is 2.49. The van der Waals surface area contributed by atoms with Crippen LogP contribution in [-0.4, -0.2) is 17.4 Å². The minimum Gasteiger partial charge on any atom is -0.384 e. The molecule has 0 fully saturated rings. The number of anilines is 2. The fraction of sp³-hybridized carbons (Fsp3) is 0.200. The normalized spacial score (nSPS) is 10.2. The van der Waals surface area contributed by atoms with Crippen LogP contribution in [0.15, 0.2) is 36.5 Å². The maximum absolute atomic E-state index is 13.4. The summed E-state index contributed by atoms with van der Waals surface area (Å²) >= 11 is 0. The smallest absolute Gasteiger partial charge is 0.274 e. The minimum atomic E-state index is -0.703. The summed E-state index contributed by atoms with van der Waals surface area (Å²) in [6, 6.07) is 6.09. The van der Waals surface area contributed by atoms with E-state index in [9.17, 15) is 13.6 Å². The van der Waals surface area contributed by atoms with Crippen molar-refractivity contribution in [3.05, 3.63) is 53.9 Å². The van der Waals surface area contributed by atoms with Gasteiger partial charge in [-0.05, 0) is 30.7 Å². The Morgan fingerprint density at radius 2 is 2.05 bits per heavy atom. The molecule has 21 heavy (non-hydrogen) atoms. The molecule has 0 saturated heterocycles. The van der Waals surface area contributed by atoms with Gasteiger partial charge in [-0.25, -0.2) is 13.8 Å². The van der Waals surface area contributed by atoms with Crippen LogP contribution in [0.4, 0.5) is 20.2 Å². The molecule has 0 aliphatic rings. The topological polar surface area (TPSA) is 54.0 Å². The van der Waals surface area contributed by atoms with Crippen molar-refractivity contribution in [3.63, 3.8) is 0 Å². The third-order valence-electron chi connectivity index (χ3n) is 2.75. The summed E-state index contributed by atoms with van der Waals surface area (Å²) in [6.45, 7) is 2.84. The molecular weight excluding hydrogens is 276 g/mol. The van der Waals surface area contributed by atoms with Gasteiger partial charge in [0.2, 0.25) is 0 Å². The molecule has 110 valence electrons. The van der Waals surface area contributed by atoms with Gasteiger partial charge >= 0.3 is 0 Å². The number of benzene rings is 1. The number of aromatic nitrogens is 1. The van der Waals surface area contributed by atoms with Crippen molar-refractivity contribution in [2.24, 2.45) is 0 Å². The van der Waals surface area contributed by atoms with Crippen LogP contribution >= 0.6 is 0 Å². The first-order chi connectivity index (χ1) is 10.1. The predicted molar refractivity (Wildman–Crippen MR) is 77.3 cm³/mol. The van der Waals surface area contributed by atoms with Crippen molar-refractivity contribution in [1.29, 1.82) is 0 Å². The highest BCUT2D eigenvalue weighted by atomic mass is 19.1. The van der Waals surface area contributed by atoms with E-state index in [2.05, 4.69) is 15.6 Å². The summed E-state index contributed by atoms with van der Waals surface area (Å²) < 4.78 is 26.5. The van der Waals surface area contributed by atoms with Crippen molar-refractivity contribution in [3.8, 4) is 0 Å². The first-order valence-electron chi connectivity index (χ1n) is 6.56. The number of carbonyl (C=O) groups excluding carboxylic acids is 1. The van der Waals surface area contributed by atoms with Gasteiger partial charge in [-0.2, -0.15) is 0 Å². The van der Waals surface area contributed by atoms with Crippen LogP contribution in [0.2, 0.25) is 0 Å². The Kier molecular flexibility index (Phi) is 4.81. The lowest BCUT2D eigenvalue weighted by molar-refractivity contribution is 0.102. The van der Waals surface area contributed by atoms with Gasteiger partial charge in [-0.1, -0.05) is 6.92 Å². The first-order valence-corrected chi connectivity index (χ1v) is 6.56.